The number of carbonyl (C=O) groups is 2. The Bertz CT molecular complexity index is 1230. The van der Waals surface area contributed by atoms with Crippen LogP contribution in [-0.4, -0.2) is 65.4 Å². The highest BCUT2D eigenvalue weighted by atomic mass is 79.9. The van der Waals surface area contributed by atoms with Gasteiger partial charge in [0.15, 0.2) is 11.9 Å². The van der Waals surface area contributed by atoms with Gasteiger partial charge < -0.3 is 27.8 Å². The average molecular weight is 705 g/mol. The first-order valence-electron chi connectivity index (χ1n) is 12.1. The van der Waals surface area contributed by atoms with Crippen molar-refractivity contribution in [2.24, 2.45) is 32.9 Å². The molecule has 1 aliphatic rings. The minimum Gasteiger partial charge on any atom is -0.370 e. The Balaban J connectivity index is 2.06. The number of halogens is 4. The number of nitrogens with zero attached hydrogens (tertiary/aromatic N) is 4. The van der Waals surface area contributed by atoms with Crippen LogP contribution in [0.1, 0.15) is 24.0 Å². The van der Waals surface area contributed by atoms with Crippen molar-refractivity contribution in [2.45, 2.75) is 31.2 Å². The fourth-order valence-corrected chi connectivity index (χ4v) is 5.44. The third-order valence-corrected chi connectivity index (χ3v) is 8.72. The molecule has 10 nitrogen and oxygen atoms in total. The second-order valence-electron chi connectivity index (χ2n) is 9.09. The monoisotopic (exact) mass is 702 g/mol. The second kappa shape index (κ2) is 13.7. The molecule has 3 amide bonds. The van der Waals surface area contributed by atoms with Crippen LogP contribution >= 0.6 is 55.1 Å². The van der Waals surface area contributed by atoms with Crippen molar-refractivity contribution in [2.75, 3.05) is 26.2 Å². The van der Waals surface area contributed by atoms with Gasteiger partial charge in [-0.25, -0.2) is 4.79 Å². The molecular formula is C25H30Br2Cl2N8O2. The maximum absolute atomic E-state index is 14.3. The zero-order chi connectivity index (χ0) is 28.7. The Labute approximate surface area is 254 Å². The third kappa shape index (κ3) is 7.77. The van der Waals surface area contributed by atoms with Crippen LogP contribution in [0.5, 0.6) is 0 Å². The molecule has 0 bridgehead atoms. The van der Waals surface area contributed by atoms with Gasteiger partial charge >= 0.3 is 6.03 Å². The van der Waals surface area contributed by atoms with E-state index in [0.717, 1.165) is 20.1 Å². The van der Waals surface area contributed by atoms with E-state index in [1.807, 2.05) is 24.3 Å². The summed E-state index contributed by atoms with van der Waals surface area (Å²) < 4.78 is 1.46. The van der Waals surface area contributed by atoms with Crippen molar-refractivity contribution < 1.29 is 9.59 Å². The molecule has 1 aliphatic heterocycles. The molecule has 0 unspecified atom stereocenters. The van der Waals surface area contributed by atoms with E-state index < -0.39 is 11.6 Å². The number of carbonyl (C=O) groups excluding carboxylic acids is 2. The van der Waals surface area contributed by atoms with Crippen molar-refractivity contribution in [1.82, 2.24) is 9.80 Å². The standard InChI is InChI=1S/C25H30Br2Cl2N8O2/c26-17-5-3-15(11-19(17)28)13-25(14-16-4-6-18(27)20(29)12-16)21(38)36(9-1-7-34-22(30)31)24(39)37(25)10-2-8-35-23(32)33/h3-6,11-12H,1-2,7-10,13-14H2,(H4,30,31,34)(H4,32,33,35). The Morgan fingerprint density at radius 2 is 1.26 bits per heavy atom. The van der Waals surface area contributed by atoms with E-state index in [1.165, 1.54) is 4.90 Å². The average Bonchev–Trinajstić information content (AvgIpc) is 3.04. The second-order valence-corrected chi connectivity index (χ2v) is 11.6. The van der Waals surface area contributed by atoms with Gasteiger partial charge in [-0.2, -0.15) is 0 Å². The van der Waals surface area contributed by atoms with Gasteiger partial charge in [-0.05, 0) is 80.1 Å². The van der Waals surface area contributed by atoms with Gasteiger partial charge in [0.05, 0.1) is 10.0 Å². The van der Waals surface area contributed by atoms with Gasteiger partial charge in [0.25, 0.3) is 5.91 Å². The quantitative estimate of drug-likeness (QED) is 0.114. The Hall–Kier alpha value is -2.54. The van der Waals surface area contributed by atoms with Crippen molar-refractivity contribution in [3.05, 3.63) is 66.5 Å². The number of hydrogen-bond donors (Lipinski definition) is 4. The molecule has 1 heterocycles. The zero-order valence-corrected chi connectivity index (χ0v) is 25.7. The van der Waals surface area contributed by atoms with Crippen molar-refractivity contribution in [1.29, 1.82) is 0 Å². The maximum Gasteiger partial charge on any atom is 0.327 e. The van der Waals surface area contributed by atoms with E-state index >= 15 is 0 Å². The van der Waals surface area contributed by atoms with Crippen LogP contribution in [0.15, 0.2) is 55.3 Å². The first-order chi connectivity index (χ1) is 18.4. The molecule has 1 fully saturated rings. The number of guanidine groups is 2. The summed E-state index contributed by atoms with van der Waals surface area (Å²) in [7, 11) is 0. The zero-order valence-electron chi connectivity index (χ0n) is 21.0. The van der Waals surface area contributed by atoms with E-state index in [2.05, 4.69) is 41.8 Å². The Morgan fingerprint density at radius 1 is 0.795 bits per heavy atom. The lowest BCUT2D eigenvalue weighted by Gasteiger charge is -2.36. The SMILES string of the molecule is NC(N)=NCCCN1C(=O)N(CCCN=C(N)N)C(Cc2ccc(Br)c(Cl)c2)(Cc2ccc(Br)c(Cl)c2)C1=O. The summed E-state index contributed by atoms with van der Waals surface area (Å²) in [5.41, 5.74) is 22.2. The highest BCUT2D eigenvalue weighted by Crippen LogP contribution is 2.37. The maximum atomic E-state index is 14.3. The minimum absolute atomic E-state index is 0.0412. The third-order valence-electron chi connectivity index (χ3n) is 6.25. The molecule has 2 aromatic rings. The lowest BCUT2D eigenvalue weighted by molar-refractivity contribution is -0.133. The van der Waals surface area contributed by atoms with Crippen LogP contribution in [-0.2, 0) is 17.6 Å². The first kappa shape index (κ1) is 31.0. The van der Waals surface area contributed by atoms with Crippen LogP contribution in [0, 0.1) is 0 Å². The lowest BCUT2D eigenvalue weighted by atomic mass is 9.83. The topological polar surface area (TPSA) is 169 Å². The van der Waals surface area contributed by atoms with Gasteiger partial charge in [0.1, 0.15) is 5.54 Å². The van der Waals surface area contributed by atoms with Crippen LogP contribution in [0.2, 0.25) is 10.0 Å². The number of urea groups is 1. The molecule has 210 valence electrons. The fraction of sp³-hybridized carbons (Fsp3) is 0.360. The van der Waals surface area contributed by atoms with E-state index in [0.29, 0.717) is 29.4 Å². The summed E-state index contributed by atoms with van der Waals surface area (Å²) in [6, 6.07) is 10.6. The predicted octanol–water partition coefficient (Wildman–Crippen LogP) is 3.63. The molecule has 0 radical (unpaired) electrons. The largest absolute Gasteiger partial charge is 0.370 e. The molecule has 39 heavy (non-hydrogen) atoms. The molecular weight excluding hydrogens is 675 g/mol. The Kier molecular flexibility index (Phi) is 10.9. The molecule has 0 spiro atoms. The van der Waals surface area contributed by atoms with Crippen LogP contribution < -0.4 is 22.9 Å². The van der Waals surface area contributed by atoms with Crippen LogP contribution in [0.4, 0.5) is 4.79 Å². The van der Waals surface area contributed by atoms with Crippen LogP contribution in [0.3, 0.4) is 0 Å². The normalized spacial score (nSPS) is 14.6. The summed E-state index contributed by atoms with van der Waals surface area (Å²) >= 11 is 19.6. The number of hydrogen-bond acceptors (Lipinski definition) is 4. The molecule has 0 aromatic heterocycles. The Morgan fingerprint density at radius 3 is 1.69 bits per heavy atom. The number of aliphatic imine (C=N–C) groups is 2. The van der Waals surface area contributed by atoms with Crippen molar-refractivity contribution in [3.8, 4) is 0 Å². The summed E-state index contributed by atoms with van der Waals surface area (Å²) in [5, 5.41) is 0.999. The predicted molar refractivity (Wildman–Crippen MR) is 163 cm³/mol. The molecule has 0 atom stereocenters. The van der Waals surface area contributed by atoms with Gasteiger partial charge in [-0.1, -0.05) is 35.3 Å². The number of imide groups is 1. The summed E-state index contributed by atoms with van der Waals surface area (Å²) in [4.78, 5) is 39.0. The summed E-state index contributed by atoms with van der Waals surface area (Å²) in [6.07, 6.45) is 1.31. The minimum atomic E-state index is -1.25. The smallest absolute Gasteiger partial charge is 0.327 e. The van der Waals surface area contributed by atoms with E-state index in [1.54, 1.807) is 17.0 Å². The van der Waals surface area contributed by atoms with Gasteiger partial charge in [0, 0.05) is 48.0 Å². The lowest BCUT2D eigenvalue weighted by Crippen LogP contribution is -2.53. The molecule has 3 rings (SSSR count). The van der Waals surface area contributed by atoms with Gasteiger partial charge in [-0.3, -0.25) is 19.7 Å². The highest BCUT2D eigenvalue weighted by Gasteiger charge is 2.56. The van der Waals surface area contributed by atoms with Gasteiger partial charge in [0.2, 0.25) is 0 Å². The number of benzene rings is 2. The number of amides is 3. The molecule has 1 saturated heterocycles. The summed E-state index contributed by atoms with van der Waals surface area (Å²) in [6.45, 7) is 0.986. The van der Waals surface area contributed by atoms with E-state index in [-0.39, 0.29) is 50.3 Å². The van der Waals surface area contributed by atoms with Crippen LogP contribution in [0.25, 0.3) is 0 Å². The highest BCUT2D eigenvalue weighted by molar-refractivity contribution is 9.10. The van der Waals surface area contributed by atoms with E-state index in [4.69, 9.17) is 46.1 Å². The van der Waals surface area contributed by atoms with E-state index in [9.17, 15) is 9.59 Å². The van der Waals surface area contributed by atoms with Gasteiger partial charge in [-0.15, -0.1) is 0 Å². The molecule has 0 saturated carbocycles. The molecule has 8 N–H and O–H groups in total. The molecule has 2 aromatic carbocycles. The number of rotatable bonds is 12. The van der Waals surface area contributed by atoms with Crippen molar-refractivity contribution in [3.63, 3.8) is 0 Å². The molecule has 0 aliphatic carbocycles. The van der Waals surface area contributed by atoms with Crippen molar-refractivity contribution >= 4 is 78.9 Å². The summed E-state index contributed by atoms with van der Waals surface area (Å²) in [5.74, 6) is -0.415. The first-order valence-corrected chi connectivity index (χ1v) is 14.4. The number of nitrogens with two attached hydrogens (primary N) is 4. The molecule has 14 heteroatoms. The fourth-order valence-electron chi connectivity index (χ4n) is 4.54.